The van der Waals surface area contributed by atoms with E-state index in [-0.39, 0.29) is 12.0 Å². The third kappa shape index (κ3) is 4.97. The maximum absolute atomic E-state index is 12.2. The number of hydrogen-bond donors (Lipinski definition) is 1. The lowest BCUT2D eigenvalue weighted by atomic mass is 10.1. The molecule has 8 heteroatoms. The molecule has 8 nitrogen and oxygen atoms in total. The summed E-state index contributed by atoms with van der Waals surface area (Å²) in [6.45, 7) is 6.63. The number of carbonyl (C=O) groups is 2. The van der Waals surface area contributed by atoms with Gasteiger partial charge in [0, 0.05) is 26.2 Å². The Morgan fingerprint density at radius 2 is 1.82 bits per heavy atom. The van der Waals surface area contributed by atoms with Gasteiger partial charge in [0.2, 0.25) is 5.91 Å². The Morgan fingerprint density at radius 1 is 1.07 bits per heavy atom. The van der Waals surface area contributed by atoms with Crippen molar-refractivity contribution in [2.45, 2.75) is 20.3 Å². The molecule has 1 fully saturated rings. The van der Waals surface area contributed by atoms with E-state index in [1.54, 1.807) is 17.9 Å². The third-order valence-corrected chi connectivity index (χ3v) is 4.66. The second-order valence-electron chi connectivity index (χ2n) is 6.60. The number of ether oxygens (including phenoxy) is 1. The molecule has 1 aliphatic heterocycles. The van der Waals surface area contributed by atoms with Crippen molar-refractivity contribution in [3.63, 3.8) is 0 Å². The van der Waals surface area contributed by atoms with Gasteiger partial charge in [0.1, 0.15) is 0 Å². The smallest absolute Gasteiger partial charge is 0.409 e. The highest BCUT2D eigenvalue weighted by Crippen LogP contribution is 2.15. The summed E-state index contributed by atoms with van der Waals surface area (Å²) in [5.74, 6) is 1.02. The van der Waals surface area contributed by atoms with Crippen molar-refractivity contribution in [2.24, 2.45) is 0 Å². The first-order valence-electron chi connectivity index (χ1n) is 9.41. The first-order valence-corrected chi connectivity index (χ1v) is 9.41. The molecule has 0 aliphatic carbocycles. The third-order valence-electron chi connectivity index (χ3n) is 4.66. The Morgan fingerprint density at radius 3 is 2.46 bits per heavy atom. The molecule has 1 saturated heterocycles. The summed E-state index contributed by atoms with van der Waals surface area (Å²) >= 11 is 0. The average molecular weight is 383 g/mol. The normalized spacial score (nSPS) is 13.9. The maximum Gasteiger partial charge on any atom is 0.409 e. The standard InChI is InChI=1S/C20H25N5O3/c1-3-28-20(27)25-12-10-24(11-13-25)18-9-8-17(22-23-18)21-19(26)14-16-7-5-4-6-15(16)2/h4-9H,3,10-14H2,1-2H3,(H,21,22,26). The molecule has 1 aromatic carbocycles. The summed E-state index contributed by atoms with van der Waals surface area (Å²) in [5, 5.41) is 11.1. The minimum Gasteiger partial charge on any atom is -0.450 e. The van der Waals surface area contributed by atoms with Gasteiger partial charge in [-0.25, -0.2) is 4.79 Å². The lowest BCUT2D eigenvalue weighted by Crippen LogP contribution is -2.49. The molecule has 3 rings (SSSR count). The Labute approximate surface area is 164 Å². The Balaban J connectivity index is 1.52. The molecule has 148 valence electrons. The highest BCUT2D eigenvalue weighted by molar-refractivity contribution is 5.91. The van der Waals surface area contributed by atoms with Gasteiger partial charge in [0.05, 0.1) is 13.0 Å². The van der Waals surface area contributed by atoms with Crippen LogP contribution in [0.4, 0.5) is 16.4 Å². The summed E-state index contributed by atoms with van der Waals surface area (Å²) in [4.78, 5) is 27.7. The van der Waals surface area contributed by atoms with E-state index in [9.17, 15) is 9.59 Å². The molecule has 0 radical (unpaired) electrons. The van der Waals surface area contributed by atoms with Gasteiger partial charge < -0.3 is 19.9 Å². The number of benzene rings is 1. The minimum absolute atomic E-state index is 0.126. The highest BCUT2D eigenvalue weighted by atomic mass is 16.6. The van der Waals surface area contributed by atoms with E-state index in [1.807, 2.05) is 37.3 Å². The van der Waals surface area contributed by atoms with Crippen LogP contribution in [0.2, 0.25) is 0 Å². The van der Waals surface area contributed by atoms with Crippen LogP contribution in [0.15, 0.2) is 36.4 Å². The average Bonchev–Trinajstić information content (AvgIpc) is 2.71. The van der Waals surface area contributed by atoms with Gasteiger partial charge in [0.15, 0.2) is 11.6 Å². The maximum atomic E-state index is 12.2. The summed E-state index contributed by atoms with van der Waals surface area (Å²) < 4.78 is 5.03. The lowest BCUT2D eigenvalue weighted by molar-refractivity contribution is -0.115. The number of nitrogens with zero attached hydrogens (tertiary/aromatic N) is 4. The zero-order chi connectivity index (χ0) is 19.9. The molecule has 0 spiro atoms. The van der Waals surface area contributed by atoms with Crippen LogP contribution in [0.1, 0.15) is 18.1 Å². The molecule has 1 N–H and O–H groups in total. The van der Waals surface area contributed by atoms with E-state index in [2.05, 4.69) is 20.4 Å². The number of aromatic nitrogens is 2. The van der Waals surface area contributed by atoms with Crippen LogP contribution < -0.4 is 10.2 Å². The van der Waals surface area contributed by atoms with Gasteiger partial charge in [0.25, 0.3) is 0 Å². The van der Waals surface area contributed by atoms with Crippen molar-refractivity contribution >= 4 is 23.6 Å². The number of hydrogen-bond acceptors (Lipinski definition) is 6. The van der Waals surface area contributed by atoms with Crippen molar-refractivity contribution < 1.29 is 14.3 Å². The summed E-state index contributed by atoms with van der Waals surface area (Å²) in [5.41, 5.74) is 2.07. The van der Waals surface area contributed by atoms with Crippen LogP contribution in [-0.4, -0.2) is 59.9 Å². The quantitative estimate of drug-likeness (QED) is 0.852. The van der Waals surface area contributed by atoms with Crippen molar-refractivity contribution in [3.05, 3.63) is 47.5 Å². The molecule has 0 saturated carbocycles. The fraction of sp³-hybridized carbons (Fsp3) is 0.400. The zero-order valence-corrected chi connectivity index (χ0v) is 16.2. The van der Waals surface area contributed by atoms with E-state index in [0.717, 1.165) is 16.9 Å². The van der Waals surface area contributed by atoms with Crippen LogP contribution in [0.5, 0.6) is 0 Å². The van der Waals surface area contributed by atoms with Crippen molar-refractivity contribution in [1.82, 2.24) is 15.1 Å². The monoisotopic (exact) mass is 383 g/mol. The topological polar surface area (TPSA) is 87.7 Å². The predicted molar refractivity (Wildman–Crippen MR) is 106 cm³/mol. The molecule has 0 unspecified atom stereocenters. The number of aryl methyl sites for hydroxylation is 1. The van der Waals surface area contributed by atoms with E-state index in [4.69, 9.17) is 4.74 Å². The summed E-state index contributed by atoms with van der Waals surface area (Å²) in [6, 6.07) is 11.4. The van der Waals surface area contributed by atoms with Crippen LogP contribution >= 0.6 is 0 Å². The number of anilines is 2. The Bertz CT molecular complexity index is 817. The van der Waals surface area contributed by atoms with E-state index < -0.39 is 0 Å². The number of nitrogens with one attached hydrogen (secondary N) is 1. The second kappa shape index (κ2) is 9.16. The van der Waals surface area contributed by atoms with E-state index in [0.29, 0.717) is 45.0 Å². The Hall–Kier alpha value is -3.16. The molecule has 0 bridgehead atoms. The Kier molecular flexibility index (Phi) is 6.41. The van der Waals surface area contributed by atoms with Gasteiger partial charge in [-0.15, -0.1) is 10.2 Å². The number of amides is 2. The van der Waals surface area contributed by atoms with Gasteiger partial charge in [-0.1, -0.05) is 24.3 Å². The number of piperazine rings is 1. The van der Waals surface area contributed by atoms with E-state index >= 15 is 0 Å². The fourth-order valence-electron chi connectivity index (χ4n) is 3.06. The van der Waals surface area contributed by atoms with E-state index in [1.165, 1.54) is 0 Å². The van der Waals surface area contributed by atoms with Gasteiger partial charge >= 0.3 is 6.09 Å². The molecule has 1 aromatic heterocycles. The molecular formula is C20H25N5O3. The molecule has 28 heavy (non-hydrogen) atoms. The molecular weight excluding hydrogens is 358 g/mol. The summed E-state index contributed by atoms with van der Waals surface area (Å²) in [6.07, 6.45) is 0.0197. The largest absolute Gasteiger partial charge is 0.450 e. The molecule has 2 aromatic rings. The fourth-order valence-corrected chi connectivity index (χ4v) is 3.06. The lowest BCUT2D eigenvalue weighted by Gasteiger charge is -2.34. The van der Waals surface area contributed by atoms with Crippen LogP contribution in [0.3, 0.4) is 0 Å². The second-order valence-corrected chi connectivity index (χ2v) is 6.60. The first-order chi connectivity index (χ1) is 13.6. The van der Waals surface area contributed by atoms with Crippen molar-refractivity contribution in [1.29, 1.82) is 0 Å². The van der Waals surface area contributed by atoms with Crippen LogP contribution in [-0.2, 0) is 16.0 Å². The molecule has 1 aliphatic rings. The highest BCUT2D eigenvalue weighted by Gasteiger charge is 2.22. The van der Waals surface area contributed by atoms with Gasteiger partial charge in [-0.2, -0.15) is 0 Å². The van der Waals surface area contributed by atoms with Crippen LogP contribution in [0.25, 0.3) is 0 Å². The minimum atomic E-state index is -0.278. The summed E-state index contributed by atoms with van der Waals surface area (Å²) in [7, 11) is 0. The predicted octanol–water partition coefficient (Wildman–Crippen LogP) is 2.24. The van der Waals surface area contributed by atoms with Crippen molar-refractivity contribution in [3.8, 4) is 0 Å². The zero-order valence-electron chi connectivity index (χ0n) is 16.2. The molecule has 2 heterocycles. The molecule has 0 atom stereocenters. The first kappa shape index (κ1) is 19.6. The SMILES string of the molecule is CCOC(=O)N1CCN(c2ccc(NC(=O)Cc3ccccc3C)nn2)CC1. The van der Waals surface area contributed by atoms with Crippen LogP contribution in [0, 0.1) is 6.92 Å². The van der Waals surface area contributed by atoms with Gasteiger partial charge in [-0.05, 0) is 37.1 Å². The van der Waals surface area contributed by atoms with Gasteiger partial charge in [-0.3, -0.25) is 4.79 Å². The number of rotatable bonds is 5. The number of carbonyl (C=O) groups excluding carboxylic acids is 2. The van der Waals surface area contributed by atoms with Crippen molar-refractivity contribution in [2.75, 3.05) is 43.0 Å². The molecule has 2 amide bonds.